The van der Waals surface area contributed by atoms with Crippen LogP contribution in [0, 0.1) is 19.7 Å². The van der Waals surface area contributed by atoms with E-state index in [4.69, 9.17) is 0 Å². The Balaban J connectivity index is 1.56. The first-order valence-electron chi connectivity index (χ1n) is 9.46. The van der Waals surface area contributed by atoms with Crippen LogP contribution in [0.1, 0.15) is 41.6 Å². The van der Waals surface area contributed by atoms with Gasteiger partial charge in [0.25, 0.3) is 0 Å². The zero-order valence-electron chi connectivity index (χ0n) is 16.3. The van der Waals surface area contributed by atoms with E-state index >= 15 is 0 Å². The number of rotatable bonds is 5. The van der Waals surface area contributed by atoms with Crippen molar-refractivity contribution in [2.45, 2.75) is 39.8 Å². The largest absolute Gasteiger partial charge is 0.346 e. The minimum atomic E-state index is -0.214. The number of aryl methyl sites for hydroxylation is 2. The topological polar surface area (TPSA) is 32.3 Å². The summed E-state index contributed by atoms with van der Waals surface area (Å²) in [5, 5.41) is 3.13. The Bertz CT molecular complexity index is 842. The molecule has 1 heterocycles. The molecule has 1 amide bonds. The Labute approximate surface area is 160 Å². The highest BCUT2D eigenvalue weighted by molar-refractivity contribution is 5.93. The zero-order valence-corrected chi connectivity index (χ0v) is 16.3. The number of halogens is 1. The first-order chi connectivity index (χ1) is 12.9. The van der Waals surface area contributed by atoms with E-state index in [1.54, 1.807) is 0 Å². The maximum absolute atomic E-state index is 13.0. The maximum atomic E-state index is 13.0. The molecule has 2 aromatic carbocycles. The molecule has 2 aromatic rings. The number of hydrogen-bond acceptors (Lipinski definition) is 2. The van der Waals surface area contributed by atoms with Crippen molar-refractivity contribution in [2.24, 2.45) is 0 Å². The Morgan fingerprint density at radius 1 is 1.19 bits per heavy atom. The third kappa shape index (κ3) is 5.04. The lowest BCUT2D eigenvalue weighted by molar-refractivity contribution is -0.118. The van der Waals surface area contributed by atoms with Crippen LogP contribution in [0.25, 0.3) is 0 Å². The molecule has 1 N–H and O–H groups in total. The van der Waals surface area contributed by atoms with Crippen LogP contribution in [0.2, 0.25) is 0 Å². The summed E-state index contributed by atoms with van der Waals surface area (Å²) in [6, 6.07) is 12.9. The first kappa shape index (κ1) is 19.3. The molecule has 1 aliphatic rings. The molecule has 4 heteroatoms. The van der Waals surface area contributed by atoms with Crippen LogP contribution < -0.4 is 5.32 Å². The molecule has 1 aliphatic heterocycles. The van der Waals surface area contributed by atoms with Crippen LogP contribution in [0.5, 0.6) is 0 Å². The highest BCUT2D eigenvalue weighted by Crippen LogP contribution is 2.20. The fourth-order valence-corrected chi connectivity index (χ4v) is 3.59. The Hall–Kier alpha value is -2.46. The molecule has 0 bridgehead atoms. The summed E-state index contributed by atoms with van der Waals surface area (Å²) in [5.74, 6) is -0.196. The predicted octanol–water partition coefficient (Wildman–Crippen LogP) is 4.45. The van der Waals surface area contributed by atoms with Gasteiger partial charge in [-0.15, -0.1) is 0 Å². The van der Waals surface area contributed by atoms with Crippen molar-refractivity contribution >= 4 is 5.91 Å². The van der Waals surface area contributed by atoms with Gasteiger partial charge in [0, 0.05) is 25.2 Å². The van der Waals surface area contributed by atoms with Crippen LogP contribution in [-0.2, 0) is 11.3 Å². The van der Waals surface area contributed by atoms with E-state index in [0.29, 0.717) is 0 Å². The third-order valence-electron chi connectivity index (χ3n) is 5.14. The van der Waals surface area contributed by atoms with Crippen molar-refractivity contribution in [3.05, 3.63) is 82.2 Å². The van der Waals surface area contributed by atoms with Crippen molar-refractivity contribution in [3.63, 3.8) is 0 Å². The van der Waals surface area contributed by atoms with Crippen molar-refractivity contribution in [2.75, 3.05) is 13.1 Å². The second kappa shape index (κ2) is 8.49. The molecule has 3 nitrogen and oxygen atoms in total. The second-order valence-electron chi connectivity index (χ2n) is 7.40. The van der Waals surface area contributed by atoms with Gasteiger partial charge in [-0.05, 0) is 56.0 Å². The number of carbonyl (C=O) groups is 1. The van der Waals surface area contributed by atoms with Crippen molar-refractivity contribution in [3.8, 4) is 0 Å². The minimum absolute atomic E-state index is 0.0174. The van der Waals surface area contributed by atoms with E-state index < -0.39 is 0 Å². The van der Waals surface area contributed by atoms with Crippen LogP contribution in [-0.4, -0.2) is 23.9 Å². The Kier molecular flexibility index (Phi) is 6.07. The molecule has 3 rings (SSSR count). The number of nitrogens with one attached hydrogen (secondary N) is 1. The average molecular weight is 366 g/mol. The molecule has 0 radical (unpaired) electrons. The monoisotopic (exact) mass is 366 g/mol. The highest BCUT2D eigenvalue weighted by atomic mass is 19.1. The van der Waals surface area contributed by atoms with E-state index in [1.165, 1.54) is 23.3 Å². The van der Waals surface area contributed by atoms with Crippen LogP contribution in [0.4, 0.5) is 4.39 Å². The van der Waals surface area contributed by atoms with E-state index in [2.05, 4.69) is 42.3 Å². The Morgan fingerprint density at radius 3 is 2.56 bits per heavy atom. The van der Waals surface area contributed by atoms with Gasteiger partial charge in [-0.25, -0.2) is 4.39 Å². The predicted molar refractivity (Wildman–Crippen MR) is 107 cm³/mol. The smallest absolute Gasteiger partial charge is 0.247 e. The molecule has 0 spiro atoms. The van der Waals surface area contributed by atoms with Crippen LogP contribution >= 0.6 is 0 Å². The third-order valence-corrected chi connectivity index (χ3v) is 5.14. The molecule has 0 aliphatic carbocycles. The van der Waals surface area contributed by atoms with Gasteiger partial charge >= 0.3 is 0 Å². The molecule has 1 unspecified atom stereocenters. The van der Waals surface area contributed by atoms with E-state index in [9.17, 15) is 9.18 Å². The molecular weight excluding hydrogens is 339 g/mol. The van der Waals surface area contributed by atoms with Gasteiger partial charge in [0.1, 0.15) is 5.82 Å². The van der Waals surface area contributed by atoms with Gasteiger partial charge in [0.05, 0.1) is 6.04 Å². The summed E-state index contributed by atoms with van der Waals surface area (Å²) in [6.45, 7) is 8.51. The minimum Gasteiger partial charge on any atom is -0.346 e. The number of carbonyl (C=O) groups excluding carboxylic acids is 1. The van der Waals surface area contributed by atoms with Gasteiger partial charge in [0.2, 0.25) is 5.91 Å². The van der Waals surface area contributed by atoms with E-state index in [1.807, 2.05) is 25.1 Å². The first-order valence-corrected chi connectivity index (χ1v) is 9.46. The average Bonchev–Trinajstić information content (AvgIpc) is 2.64. The lowest BCUT2D eigenvalue weighted by Gasteiger charge is -2.26. The molecular formula is C23H27FN2O. The fourth-order valence-electron chi connectivity index (χ4n) is 3.59. The molecule has 0 aromatic heterocycles. The van der Waals surface area contributed by atoms with Gasteiger partial charge < -0.3 is 5.32 Å². The van der Waals surface area contributed by atoms with Crippen molar-refractivity contribution in [1.82, 2.24) is 10.2 Å². The summed E-state index contributed by atoms with van der Waals surface area (Å²) >= 11 is 0. The SMILES string of the molecule is Cc1ccc(C(C)NC(=O)C2=CCN(Cc3ccc(F)cc3)CC2)c(C)c1. The molecule has 0 fully saturated rings. The molecule has 142 valence electrons. The maximum Gasteiger partial charge on any atom is 0.247 e. The number of benzene rings is 2. The quantitative estimate of drug-likeness (QED) is 0.848. The molecule has 0 saturated carbocycles. The van der Waals surface area contributed by atoms with Crippen molar-refractivity contribution in [1.29, 1.82) is 0 Å². The lowest BCUT2D eigenvalue weighted by atomic mass is 9.99. The normalized spacial score (nSPS) is 15.9. The standard InChI is InChI=1S/C23H27FN2O/c1-16-4-9-22(17(2)14-16)18(3)25-23(27)20-10-12-26(13-11-20)15-19-5-7-21(24)8-6-19/h4-10,14,18H,11-13,15H2,1-3H3,(H,25,27). The lowest BCUT2D eigenvalue weighted by Crippen LogP contribution is -2.34. The van der Waals surface area contributed by atoms with Gasteiger partial charge in [-0.2, -0.15) is 0 Å². The van der Waals surface area contributed by atoms with E-state index in [-0.39, 0.29) is 17.8 Å². The summed E-state index contributed by atoms with van der Waals surface area (Å²) in [5.41, 5.74) is 5.52. The Morgan fingerprint density at radius 2 is 1.93 bits per heavy atom. The fraction of sp³-hybridized carbons (Fsp3) is 0.348. The molecule has 0 saturated heterocycles. The summed E-state index contributed by atoms with van der Waals surface area (Å²) in [6.07, 6.45) is 2.74. The zero-order chi connectivity index (χ0) is 19.4. The summed E-state index contributed by atoms with van der Waals surface area (Å²) in [7, 11) is 0. The van der Waals surface area contributed by atoms with Crippen LogP contribution in [0.3, 0.4) is 0 Å². The number of nitrogens with zero attached hydrogens (tertiary/aromatic N) is 1. The molecule has 27 heavy (non-hydrogen) atoms. The number of amides is 1. The molecule has 1 atom stereocenters. The van der Waals surface area contributed by atoms with Crippen LogP contribution in [0.15, 0.2) is 54.1 Å². The van der Waals surface area contributed by atoms with Crippen molar-refractivity contribution < 1.29 is 9.18 Å². The van der Waals surface area contributed by atoms with E-state index in [0.717, 1.165) is 42.8 Å². The summed E-state index contributed by atoms with van der Waals surface area (Å²) < 4.78 is 13.0. The second-order valence-corrected chi connectivity index (χ2v) is 7.40. The van der Waals surface area contributed by atoms with Gasteiger partial charge in [-0.1, -0.05) is 42.0 Å². The summed E-state index contributed by atoms with van der Waals surface area (Å²) in [4.78, 5) is 14.9. The number of hydrogen-bond donors (Lipinski definition) is 1. The highest BCUT2D eigenvalue weighted by Gasteiger charge is 2.19. The van der Waals surface area contributed by atoms with Gasteiger partial charge in [-0.3, -0.25) is 9.69 Å². The van der Waals surface area contributed by atoms with Gasteiger partial charge in [0.15, 0.2) is 0 Å².